The fourth-order valence-corrected chi connectivity index (χ4v) is 16.8. The first-order valence-corrected chi connectivity index (χ1v) is 27.0. The molecule has 2 aliphatic rings. The average Bonchev–Trinajstić information content (AvgIpc) is 3.99. The summed E-state index contributed by atoms with van der Waals surface area (Å²) in [5.41, 5.74) is 5.79. The fourth-order valence-electron chi connectivity index (χ4n) is 13.8. The van der Waals surface area contributed by atoms with E-state index in [-0.39, 0.29) is 35.5 Å². The third-order valence-corrected chi connectivity index (χ3v) is 18.5. The number of rotatable bonds is 16. The second kappa shape index (κ2) is 19.7. The van der Waals surface area contributed by atoms with E-state index in [9.17, 15) is 0 Å². The molecule has 0 aromatic heterocycles. The summed E-state index contributed by atoms with van der Waals surface area (Å²) in [4.78, 5) is 0. The molecule has 2 bridgehead atoms. The van der Waals surface area contributed by atoms with Gasteiger partial charge in [-0.25, -0.2) is 0 Å². The van der Waals surface area contributed by atoms with Crippen LogP contribution in [0.3, 0.4) is 0 Å². The molecule has 8 aromatic carbocycles. The molecule has 10 rings (SSSR count). The van der Waals surface area contributed by atoms with Gasteiger partial charge in [-0.1, -0.05) is 0 Å². The van der Waals surface area contributed by atoms with Crippen LogP contribution in [0, 0.1) is 35.5 Å². The first-order valence-electron chi connectivity index (χ1n) is 23.7. The van der Waals surface area contributed by atoms with Crippen LogP contribution in [-0.2, 0) is 40.5 Å². The Hall–Kier alpha value is -4.68. The van der Waals surface area contributed by atoms with Crippen molar-refractivity contribution in [1.82, 2.24) is 0 Å². The Morgan fingerprint density at radius 3 is 0.493 bits per heavy atom. The van der Waals surface area contributed by atoms with E-state index in [4.69, 9.17) is 18.1 Å². The molecule has 344 valence electrons. The molecule has 0 heterocycles. The van der Waals surface area contributed by atoms with Crippen molar-refractivity contribution in [3.8, 4) is 0 Å². The normalized spacial score (nSPS) is 20.8. The molecule has 0 aliphatic heterocycles. The number of fused-ring (bicyclic) bond motifs is 2. The van der Waals surface area contributed by atoms with Crippen LogP contribution in [0.15, 0.2) is 243 Å². The van der Waals surface area contributed by atoms with E-state index < -0.39 is 22.4 Å². The van der Waals surface area contributed by atoms with Gasteiger partial charge in [0.1, 0.15) is 0 Å². The van der Waals surface area contributed by atoms with E-state index in [0.29, 0.717) is 37.9 Å². The van der Waals surface area contributed by atoms with Gasteiger partial charge in [-0.15, -0.1) is 0 Å². The molecule has 2 aliphatic carbocycles. The van der Waals surface area contributed by atoms with Gasteiger partial charge in [-0.05, 0) is 0 Å². The van der Waals surface area contributed by atoms with Crippen LogP contribution in [0.25, 0.3) is 0 Å². The summed E-state index contributed by atoms with van der Waals surface area (Å²) in [5, 5.41) is 0. The second-order valence-corrected chi connectivity index (χ2v) is 20.0. The molecule has 2 saturated carbocycles. The third kappa shape index (κ3) is 7.35. The van der Waals surface area contributed by atoms with E-state index in [1.54, 1.807) is 0 Å². The minimum absolute atomic E-state index is 0.0101. The molecule has 0 radical (unpaired) electrons. The summed E-state index contributed by atoms with van der Waals surface area (Å²) in [7, 11) is 1.94. The average molecular weight is 961 g/mol. The molecule has 4 nitrogen and oxygen atoms in total. The number of hydrogen-bond acceptors (Lipinski definition) is 4. The van der Waals surface area contributed by atoms with Gasteiger partial charge in [0.25, 0.3) is 0 Å². The van der Waals surface area contributed by atoms with Gasteiger partial charge in [0.2, 0.25) is 0 Å². The zero-order valence-corrected chi connectivity index (χ0v) is 46.9. The van der Waals surface area contributed by atoms with Gasteiger partial charge in [0.15, 0.2) is 0 Å². The molecule has 4 atom stereocenters. The van der Waals surface area contributed by atoms with Crippen LogP contribution >= 0.6 is 37.9 Å². The van der Waals surface area contributed by atoms with Crippen molar-refractivity contribution in [3.63, 3.8) is 0 Å². The van der Waals surface area contributed by atoms with Crippen molar-refractivity contribution >= 4 is 37.9 Å². The van der Waals surface area contributed by atoms with Crippen molar-refractivity contribution in [2.24, 2.45) is 35.5 Å². The zero-order valence-electron chi connectivity index (χ0n) is 38.9. The SMILES string of the molecule is [PH4]OC(c1ccccc1)(c1ccccc1)C1C2CC(C1C(O[PH4])(c1ccccc1)c1ccccc1)C(C(O[PH4])(c1ccccc1)c1ccccc1)C2C(O[PH4])(c1ccccc1)c1ccccc1. The van der Waals surface area contributed by atoms with E-state index in [1.807, 2.05) is 0 Å². The van der Waals surface area contributed by atoms with Crippen LogP contribution < -0.4 is 0 Å². The Bertz CT molecular complexity index is 2260. The number of hydrogen-bond donors (Lipinski definition) is 0. The first kappa shape index (κ1) is 46.1. The zero-order chi connectivity index (χ0) is 45.9. The molecule has 8 aromatic rings. The van der Waals surface area contributed by atoms with E-state index in [0.717, 1.165) is 50.9 Å². The molecular formula is C59H64O4P4. The molecule has 0 N–H and O–H groups in total. The van der Waals surface area contributed by atoms with Crippen LogP contribution in [0.4, 0.5) is 0 Å². The Morgan fingerprint density at radius 2 is 0.373 bits per heavy atom. The Morgan fingerprint density at radius 1 is 0.239 bits per heavy atom. The Balaban J connectivity index is 1.41. The molecule has 0 amide bonds. The Kier molecular flexibility index (Phi) is 13.6. The molecule has 2 fully saturated rings. The van der Waals surface area contributed by atoms with Crippen LogP contribution in [-0.4, -0.2) is 0 Å². The van der Waals surface area contributed by atoms with E-state index >= 15 is 0 Å². The van der Waals surface area contributed by atoms with Crippen molar-refractivity contribution in [1.29, 1.82) is 0 Å². The molecule has 0 spiro atoms. The van der Waals surface area contributed by atoms with Crippen LogP contribution in [0.2, 0.25) is 0 Å². The van der Waals surface area contributed by atoms with Gasteiger partial charge in [0.05, 0.1) is 0 Å². The van der Waals surface area contributed by atoms with Gasteiger partial charge in [-0.3, -0.25) is 0 Å². The van der Waals surface area contributed by atoms with Crippen molar-refractivity contribution in [2.75, 3.05) is 0 Å². The maximum absolute atomic E-state index is 7.65. The topological polar surface area (TPSA) is 36.9 Å². The van der Waals surface area contributed by atoms with Gasteiger partial charge in [-0.2, -0.15) is 0 Å². The van der Waals surface area contributed by atoms with Crippen LogP contribution in [0.1, 0.15) is 50.9 Å². The summed E-state index contributed by atoms with van der Waals surface area (Å²) in [6.07, 6.45) is 0.905. The third-order valence-electron chi connectivity index (χ3n) is 15.9. The van der Waals surface area contributed by atoms with Gasteiger partial charge < -0.3 is 0 Å². The molecule has 4 unspecified atom stereocenters. The minimum atomic E-state index is -0.870. The summed E-state index contributed by atoms with van der Waals surface area (Å²) in [6, 6.07) is 88.9. The van der Waals surface area contributed by atoms with Crippen molar-refractivity contribution in [2.45, 2.75) is 28.8 Å². The van der Waals surface area contributed by atoms with Crippen molar-refractivity contribution in [3.05, 3.63) is 287 Å². The van der Waals surface area contributed by atoms with Crippen molar-refractivity contribution < 1.29 is 18.1 Å². The standard InChI is InChI=1S/C59H64O4P4/c64-60-56(42-25-9-1-10-26-42,43-27-11-2-12-28-43)52-50-41-51(53(52)57(61-65,44-29-13-3-14-30-44)45-31-15-4-16-32-45)55(59(63-67,48-37-21-7-22-38-48)49-39-23-8-24-40-49)54(50)58(62-66,46-33-17-5-18-34-46)47-35-19-6-20-36-47/h1-40,50-55H,41H2,64-67H4. The summed E-state index contributed by atoms with van der Waals surface area (Å²) in [5.74, 6) is -0.489. The summed E-state index contributed by atoms with van der Waals surface area (Å²) < 4.78 is 30.6. The van der Waals surface area contributed by atoms with Gasteiger partial charge in [0, 0.05) is 0 Å². The molecular weight excluding hydrogens is 897 g/mol. The predicted octanol–water partition coefficient (Wildman–Crippen LogP) is 12.0. The second-order valence-electron chi connectivity index (χ2n) is 18.4. The monoisotopic (exact) mass is 960 g/mol. The maximum atomic E-state index is 7.65. The molecule has 0 saturated heterocycles. The van der Waals surface area contributed by atoms with Gasteiger partial charge >= 0.3 is 407 Å². The first-order chi connectivity index (χ1) is 33.1. The predicted molar refractivity (Wildman–Crippen MR) is 295 cm³/mol. The molecule has 8 heteroatoms. The Labute approximate surface area is 405 Å². The fraction of sp³-hybridized carbons (Fsp3) is 0.186. The van der Waals surface area contributed by atoms with Crippen LogP contribution in [0.5, 0.6) is 0 Å². The van der Waals surface area contributed by atoms with E-state index in [1.165, 1.54) is 0 Å². The summed E-state index contributed by atoms with van der Waals surface area (Å²) in [6.45, 7) is 0. The quantitative estimate of drug-likeness (QED) is 0.0905. The summed E-state index contributed by atoms with van der Waals surface area (Å²) >= 11 is 0. The molecule has 67 heavy (non-hydrogen) atoms. The van der Waals surface area contributed by atoms with E-state index in [2.05, 4.69) is 243 Å². The number of benzene rings is 8.